The quantitative estimate of drug-likeness (QED) is 0.603. The highest BCUT2D eigenvalue weighted by molar-refractivity contribution is 14.1. The molecule has 0 saturated heterocycles. The van der Waals surface area contributed by atoms with Crippen LogP contribution in [0.25, 0.3) is 0 Å². The topological polar surface area (TPSA) is 49.1 Å². The van der Waals surface area contributed by atoms with E-state index in [0.717, 1.165) is 23.1 Å². The summed E-state index contributed by atoms with van der Waals surface area (Å²) in [4.78, 5) is 17.5. The number of halogens is 1. The maximum Gasteiger partial charge on any atom is 0.280 e. The van der Waals surface area contributed by atoms with Crippen LogP contribution in [0.15, 0.2) is 59.5 Å². The first kappa shape index (κ1) is 12.4. The van der Waals surface area contributed by atoms with Gasteiger partial charge in [0.2, 0.25) is 5.84 Å². The molecule has 96 valence electrons. The van der Waals surface area contributed by atoms with Gasteiger partial charge in [-0.25, -0.2) is 4.90 Å². The molecule has 1 amide bonds. The molecule has 6 heteroatoms. The molecule has 1 atom stereocenters. The van der Waals surface area contributed by atoms with Gasteiger partial charge in [0.25, 0.3) is 5.91 Å². The standard InChI is InChI=1S/C13H11IN4O/c14-18-7-6-12-16-11(8-17(12)9-18)13(19)15-10-4-2-1-3-5-10/h1-8H,9H2,(H,15,19)/p+1. The summed E-state index contributed by atoms with van der Waals surface area (Å²) in [5, 5.41) is 2.84. The van der Waals surface area contributed by atoms with Crippen LogP contribution in [0.5, 0.6) is 0 Å². The first-order valence-electron chi connectivity index (χ1n) is 5.86. The molecule has 0 fully saturated rings. The maximum absolute atomic E-state index is 12.1. The summed E-state index contributed by atoms with van der Waals surface area (Å²) < 4.78 is 2.03. The summed E-state index contributed by atoms with van der Waals surface area (Å²) in [6, 6.07) is 9.39. The normalized spacial score (nSPS) is 20.7. The summed E-state index contributed by atoms with van der Waals surface area (Å²) in [5.74, 6) is 0.708. The van der Waals surface area contributed by atoms with E-state index in [0.29, 0.717) is 5.70 Å². The zero-order valence-corrected chi connectivity index (χ0v) is 12.2. The van der Waals surface area contributed by atoms with Crippen LogP contribution in [0.3, 0.4) is 0 Å². The zero-order chi connectivity index (χ0) is 13.2. The highest BCUT2D eigenvalue weighted by Gasteiger charge is 2.29. The van der Waals surface area contributed by atoms with Crippen molar-refractivity contribution in [3.63, 3.8) is 0 Å². The summed E-state index contributed by atoms with van der Waals surface area (Å²) in [7, 11) is 0. The minimum absolute atomic E-state index is 0.172. The Kier molecular flexibility index (Phi) is 3.34. The second-order valence-corrected chi connectivity index (χ2v) is 5.48. The molecule has 19 heavy (non-hydrogen) atoms. The van der Waals surface area contributed by atoms with Crippen LogP contribution in [-0.4, -0.2) is 21.5 Å². The van der Waals surface area contributed by atoms with Gasteiger partial charge >= 0.3 is 0 Å². The van der Waals surface area contributed by atoms with Crippen molar-refractivity contribution in [3.05, 3.63) is 54.5 Å². The number of anilines is 1. The van der Waals surface area contributed by atoms with Crippen LogP contribution in [-0.2, 0) is 4.79 Å². The first-order chi connectivity index (χ1) is 9.22. The molecule has 3 rings (SSSR count). The Bertz CT molecular complexity index is 594. The van der Waals surface area contributed by atoms with Gasteiger partial charge in [-0.2, -0.15) is 4.99 Å². The highest BCUT2D eigenvalue weighted by Crippen LogP contribution is 2.10. The number of para-hydroxylation sites is 1. The number of aliphatic imine (C=N–C) groups is 1. The van der Waals surface area contributed by atoms with E-state index >= 15 is 0 Å². The van der Waals surface area contributed by atoms with Crippen molar-refractivity contribution in [2.24, 2.45) is 4.99 Å². The number of nitrogens with one attached hydrogen (secondary N) is 2. The lowest BCUT2D eigenvalue weighted by Gasteiger charge is -2.19. The Balaban J connectivity index is 1.74. The Hall–Kier alpha value is -1.67. The van der Waals surface area contributed by atoms with Crippen molar-refractivity contribution < 1.29 is 9.69 Å². The van der Waals surface area contributed by atoms with E-state index in [1.807, 2.05) is 51.9 Å². The zero-order valence-electron chi connectivity index (χ0n) is 10.0. The van der Waals surface area contributed by atoms with Crippen LogP contribution < -0.4 is 10.2 Å². The third-order valence-corrected chi connectivity index (χ3v) is 3.52. The number of hydrogen-bond acceptors (Lipinski definition) is 3. The number of benzene rings is 1. The van der Waals surface area contributed by atoms with Crippen LogP contribution in [0.4, 0.5) is 5.69 Å². The third-order valence-electron chi connectivity index (χ3n) is 2.86. The predicted octanol–water partition coefficient (Wildman–Crippen LogP) is 0.900. The molecule has 5 nitrogen and oxygen atoms in total. The Labute approximate surface area is 124 Å². The van der Waals surface area contributed by atoms with Crippen molar-refractivity contribution in [2.75, 3.05) is 12.0 Å². The van der Waals surface area contributed by atoms with Crippen LogP contribution >= 0.6 is 22.9 Å². The van der Waals surface area contributed by atoms with Crippen molar-refractivity contribution in [2.45, 2.75) is 0 Å². The Morgan fingerprint density at radius 2 is 2.16 bits per heavy atom. The molecular weight excluding hydrogens is 355 g/mol. The number of quaternary nitrogens is 1. The molecule has 2 heterocycles. The molecule has 0 saturated carbocycles. The van der Waals surface area contributed by atoms with Gasteiger partial charge in [-0.05, 0) is 12.1 Å². The molecular formula is C13H12IN4O+. The van der Waals surface area contributed by atoms with Crippen LogP contribution in [0.2, 0.25) is 0 Å². The molecule has 2 aliphatic heterocycles. The maximum atomic E-state index is 12.1. The van der Waals surface area contributed by atoms with Crippen molar-refractivity contribution in [1.82, 2.24) is 3.11 Å². The first-order valence-corrected chi connectivity index (χ1v) is 6.82. The van der Waals surface area contributed by atoms with E-state index in [1.54, 1.807) is 0 Å². The van der Waals surface area contributed by atoms with Gasteiger partial charge < -0.3 is 5.32 Å². The molecule has 1 aromatic rings. The minimum atomic E-state index is -0.172. The third kappa shape index (κ3) is 2.69. The molecule has 0 spiro atoms. The van der Waals surface area contributed by atoms with E-state index in [1.165, 1.54) is 0 Å². The Morgan fingerprint density at radius 3 is 2.95 bits per heavy atom. The van der Waals surface area contributed by atoms with E-state index in [4.69, 9.17) is 0 Å². The van der Waals surface area contributed by atoms with Gasteiger partial charge in [-0.1, -0.05) is 18.2 Å². The monoisotopic (exact) mass is 367 g/mol. The number of amides is 1. The van der Waals surface area contributed by atoms with Gasteiger partial charge in [0.15, 0.2) is 12.4 Å². The number of carbonyl (C=O) groups is 1. The molecule has 0 bridgehead atoms. The number of carbonyl (C=O) groups excluding carboxylic acids is 1. The average molecular weight is 367 g/mol. The van der Waals surface area contributed by atoms with Gasteiger partial charge in [0.05, 0.1) is 22.9 Å². The smallest absolute Gasteiger partial charge is 0.280 e. The molecule has 1 unspecified atom stereocenters. The van der Waals surface area contributed by atoms with Gasteiger partial charge in [0.1, 0.15) is 6.20 Å². The number of hydrogen-bond donors (Lipinski definition) is 2. The van der Waals surface area contributed by atoms with E-state index < -0.39 is 0 Å². The lowest BCUT2D eigenvalue weighted by atomic mass is 10.3. The fourth-order valence-corrected chi connectivity index (χ4v) is 2.47. The van der Waals surface area contributed by atoms with E-state index in [2.05, 4.69) is 33.2 Å². The molecule has 1 aromatic carbocycles. The molecule has 2 aliphatic rings. The summed E-state index contributed by atoms with van der Waals surface area (Å²) in [6.07, 6.45) is 5.72. The van der Waals surface area contributed by atoms with E-state index in [-0.39, 0.29) is 5.91 Å². The predicted molar refractivity (Wildman–Crippen MR) is 81.4 cm³/mol. The molecule has 0 aliphatic carbocycles. The summed E-state index contributed by atoms with van der Waals surface area (Å²) in [6.45, 7) is 0.776. The van der Waals surface area contributed by atoms with Crippen molar-refractivity contribution in [3.8, 4) is 0 Å². The van der Waals surface area contributed by atoms with Crippen molar-refractivity contribution >= 4 is 40.3 Å². The number of rotatable bonds is 2. The van der Waals surface area contributed by atoms with Crippen molar-refractivity contribution in [1.29, 1.82) is 0 Å². The molecule has 2 N–H and O–H groups in total. The molecule has 0 radical (unpaired) electrons. The second-order valence-electron chi connectivity index (χ2n) is 4.25. The largest absolute Gasteiger partial charge is 0.320 e. The van der Waals surface area contributed by atoms with Crippen LogP contribution in [0.1, 0.15) is 0 Å². The Morgan fingerprint density at radius 1 is 1.37 bits per heavy atom. The molecule has 0 aromatic heterocycles. The fraction of sp³-hybridized carbons (Fsp3) is 0.0769. The highest BCUT2D eigenvalue weighted by atomic mass is 127. The van der Waals surface area contributed by atoms with Gasteiger partial charge in [0, 0.05) is 18.0 Å². The number of fused-ring (bicyclic) bond motifs is 1. The fourth-order valence-electron chi connectivity index (χ4n) is 1.94. The lowest BCUT2D eigenvalue weighted by molar-refractivity contribution is -0.753. The van der Waals surface area contributed by atoms with Gasteiger partial charge in [-0.3, -0.25) is 7.91 Å². The van der Waals surface area contributed by atoms with Crippen LogP contribution in [0, 0.1) is 0 Å². The SMILES string of the molecule is O=C(Nc1ccccc1)C1=C[NH+]2CN(I)C=CC2=N1. The lowest BCUT2D eigenvalue weighted by Crippen LogP contribution is -3.11. The summed E-state index contributed by atoms with van der Waals surface area (Å²) in [5.41, 5.74) is 1.24. The second kappa shape index (κ2) is 5.14. The number of nitrogens with zero attached hydrogens (tertiary/aromatic N) is 2. The van der Waals surface area contributed by atoms with Gasteiger partial charge in [-0.15, -0.1) is 0 Å². The number of amidine groups is 1. The minimum Gasteiger partial charge on any atom is -0.320 e. The average Bonchev–Trinajstić information content (AvgIpc) is 2.83. The summed E-state index contributed by atoms with van der Waals surface area (Å²) >= 11 is 2.22. The van der Waals surface area contributed by atoms with E-state index in [9.17, 15) is 4.79 Å².